The number of amides is 4. The van der Waals surface area contributed by atoms with Crippen molar-refractivity contribution in [2.24, 2.45) is 0 Å². The van der Waals surface area contributed by atoms with E-state index in [0.29, 0.717) is 18.5 Å². The highest BCUT2D eigenvalue weighted by molar-refractivity contribution is 6.43. The van der Waals surface area contributed by atoms with E-state index in [1.165, 1.54) is 6.07 Å². The number of carbonyl (C=O) groups is 4. The molecule has 7 nitrogen and oxygen atoms in total. The van der Waals surface area contributed by atoms with Gasteiger partial charge in [0.2, 0.25) is 17.7 Å². The molecule has 1 aliphatic rings. The molecular weight excluding hydrogens is 453 g/mol. The molecule has 168 valence electrons. The Morgan fingerprint density at radius 2 is 1.81 bits per heavy atom. The maximum absolute atomic E-state index is 12.5. The van der Waals surface area contributed by atoms with E-state index in [-0.39, 0.29) is 33.8 Å². The number of anilines is 1. The van der Waals surface area contributed by atoms with Crippen molar-refractivity contribution in [2.75, 3.05) is 5.32 Å². The Morgan fingerprint density at radius 3 is 2.44 bits per heavy atom. The zero-order valence-electron chi connectivity index (χ0n) is 17.6. The summed E-state index contributed by atoms with van der Waals surface area (Å²) in [5.74, 6) is -1.50. The molecule has 0 aromatic heterocycles. The Kier molecular flexibility index (Phi) is 7.21. The van der Waals surface area contributed by atoms with E-state index < -0.39 is 23.3 Å². The molecule has 9 heteroatoms. The normalized spacial score (nSPS) is 19.1. The molecule has 2 aromatic carbocycles. The fraction of sp³-hybridized carbons (Fsp3) is 0.304. The minimum atomic E-state index is -0.839. The van der Waals surface area contributed by atoms with Crippen LogP contribution in [0.5, 0.6) is 0 Å². The Morgan fingerprint density at radius 1 is 1.12 bits per heavy atom. The van der Waals surface area contributed by atoms with Gasteiger partial charge in [-0.3, -0.25) is 24.5 Å². The van der Waals surface area contributed by atoms with Gasteiger partial charge in [-0.2, -0.15) is 0 Å². The molecule has 0 bridgehead atoms. The minimum absolute atomic E-state index is 0.119. The number of imide groups is 1. The van der Waals surface area contributed by atoms with Gasteiger partial charge in [0, 0.05) is 12.1 Å². The highest BCUT2D eigenvalue weighted by Gasteiger charge is 2.42. The number of piperidine rings is 1. The van der Waals surface area contributed by atoms with Crippen molar-refractivity contribution in [3.8, 4) is 0 Å². The SMILES string of the molecule is CCC1(c2ccc(NC(=O)C(C)NC(=O)c3cccc(Cl)c3Cl)cc2)CCC(=O)NC1=O. The summed E-state index contributed by atoms with van der Waals surface area (Å²) < 4.78 is 0. The van der Waals surface area contributed by atoms with Gasteiger partial charge >= 0.3 is 0 Å². The lowest BCUT2D eigenvalue weighted by atomic mass is 9.72. The maximum Gasteiger partial charge on any atom is 0.253 e. The summed E-state index contributed by atoms with van der Waals surface area (Å²) in [6.45, 7) is 3.46. The van der Waals surface area contributed by atoms with Crippen molar-refractivity contribution in [1.29, 1.82) is 0 Å². The van der Waals surface area contributed by atoms with Crippen LogP contribution in [0.25, 0.3) is 0 Å². The van der Waals surface area contributed by atoms with E-state index in [9.17, 15) is 19.2 Å². The van der Waals surface area contributed by atoms with Gasteiger partial charge in [0.15, 0.2) is 0 Å². The molecule has 32 heavy (non-hydrogen) atoms. The van der Waals surface area contributed by atoms with E-state index in [4.69, 9.17) is 23.2 Å². The topological polar surface area (TPSA) is 104 Å². The molecule has 1 aliphatic heterocycles. The average molecular weight is 476 g/mol. The third-order valence-electron chi connectivity index (χ3n) is 5.71. The van der Waals surface area contributed by atoms with Crippen LogP contribution in [0, 0.1) is 0 Å². The van der Waals surface area contributed by atoms with Gasteiger partial charge in [0.25, 0.3) is 5.91 Å². The molecule has 0 aliphatic carbocycles. The molecule has 3 N–H and O–H groups in total. The first-order valence-corrected chi connectivity index (χ1v) is 10.9. The zero-order valence-corrected chi connectivity index (χ0v) is 19.1. The lowest BCUT2D eigenvalue weighted by Gasteiger charge is -2.35. The summed E-state index contributed by atoms with van der Waals surface area (Å²) in [7, 11) is 0. The van der Waals surface area contributed by atoms with E-state index in [1.807, 2.05) is 6.92 Å². The summed E-state index contributed by atoms with van der Waals surface area (Å²) in [6, 6.07) is 10.8. The predicted octanol–water partition coefficient (Wildman–Crippen LogP) is 3.83. The smallest absolute Gasteiger partial charge is 0.253 e. The van der Waals surface area contributed by atoms with E-state index >= 15 is 0 Å². The van der Waals surface area contributed by atoms with Crippen LogP contribution < -0.4 is 16.0 Å². The maximum atomic E-state index is 12.5. The fourth-order valence-corrected chi connectivity index (χ4v) is 4.09. The molecule has 2 aromatic rings. The number of benzene rings is 2. The monoisotopic (exact) mass is 475 g/mol. The van der Waals surface area contributed by atoms with Gasteiger partial charge in [-0.15, -0.1) is 0 Å². The van der Waals surface area contributed by atoms with Gasteiger partial charge in [-0.05, 0) is 49.6 Å². The second kappa shape index (κ2) is 9.71. The summed E-state index contributed by atoms with van der Waals surface area (Å²) in [5.41, 5.74) is 0.699. The Hall–Kier alpha value is -2.90. The minimum Gasteiger partial charge on any atom is -0.340 e. The van der Waals surface area contributed by atoms with Crippen LogP contribution in [-0.4, -0.2) is 29.7 Å². The summed E-state index contributed by atoms with van der Waals surface area (Å²) in [4.78, 5) is 49.0. The van der Waals surface area contributed by atoms with Crippen molar-refractivity contribution in [3.05, 3.63) is 63.6 Å². The van der Waals surface area contributed by atoms with Crippen LogP contribution in [0.15, 0.2) is 42.5 Å². The summed E-state index contributed by atoms with van der Waals surface area (Å²) in [6.07, 6.45) is 1.27. The Labute approximate surface area is 195 Å². The highest BCUT2D eigenvalue weighted by atomic mass is 35.5. The Bertz CT molecular complexity index is 1070. The zero-order chi connectivity index (χ0) is 23.5. The second-order valence-corrected chi connectivity index (χ2v) is 8.46. The first-order valence-electron chi connectivity index (χ1n) is 10.2. The molecule has 0 saturated carbocycles. The number of rotatable bonds is 6. The van der Waals surface area contributed by atoms with Gasteiger partial charge < -0.3 is 10.6 Å². The largest absolute Gasteiger partial charge is 0.340 e. The van der Waals surface area contributed by atoms with Gasteiger partial charge in [-0.25, -0.2) is 0 Å². The standard InChI is InChI=1S/C23H23Cl2N3O4/c1-3-23(12-11-18(29)28-22(23)32)14-7-9-15(10-8-14)27-20(30)13(2)26-21(31)16-5-4-6-17(24)19(16)25/h4-10,13H,3,11-12H2,1-2H3,(H,26,31)(H,27,30)(H,28,29,32). The van der Waals surface area contributed by atoms with Crippen LogP contribution in [-0.2, 0) is 19.8 Å². The second-order valence-electron chi connectivity index (χ2n) is 7.68. The summed E-state index contributed by atoms with van der Waals surface area (Å²) in [5, 5.41) is 8.11. The molecule has 2 atom stereocenters. The third kappa shape index (κ3) is 4.79. The van der Waals surface area contributed by atoms with Crippen LogP contribution in [0.2, 0.25) is 10.0 Å². The molecule has 0 spiro atoms. The molecule has 4 amide bonds. The Balaban J connectivity index is 1.66. The van der Waals surface area contributed by atoms with E-state index in [2.05, 4.69) is 16.0 Å². The van der Waals surface area contributed by atoms with Crippen molar-refractivity contribution in [2.45, 2.75) is 44.6 Å². The molecule has 1 fully saturated rings. The molecule has 1 saturated heterocycles. The number of halogens is 2. The molecular formula is C23H23Cl2N3O4. The quantitative estimate of drug-likeness (QED) is 0.552. The van der Waals surface area contributed by atoms with Gasteiger partial charge in [0.1, 0.15) is 6.04 Å². The van der Waals surface area contributed by atoms with Crippen LogP contribution >= 0.6 is 23.2 Å². The van der Waals surface area contributed by atoms with Crippen molar-refractivity contribution < 1.29 is 19.2 Å². The van der Waals surface area contributed by atoms with Crippen molar-refractivity contribution in [3.63, 3.8) is 0 Å². The first kappa shape index (κ1) is 23.8. The molecule has 2 unspecified atom stereocenters. The lowest BCUT2D eigenvalue weighted by molar-refractivity contribution is -0.138. The molecule has 3 rings (SSSR count). The first-order chi connectivity index (χ1) is 15.2. The van der Waals surface area contributed by atoms with Gasteiger partial charge in [-0.1, -0.05) is 48.3 Å². The number of hydrogen-bond acceptors (Lipinski definition) is 4. The predicted molar refractivity (Wildman–Crippen MR) is 123 cm³/mol. The van der Waals surface area contributed by atoms with Gasteiger partial charge in [0.05, 0.1) is 21.0 Å². The van der Waals surface area contributed by atoms with E-state index in [0.717, 1.165) is 5.56 Å². The lowest BCUT2D eigenvalue weighted by Crippen LogP contribution is -2.51. The van der Waals surface area contributed by atoms with Crippen LogP contribution in [0.3, 0.4) is 0 Å². The van der Waals surface area contributed by atoms with E-state index in [1.54, 1.807) is 43.3 Å². The van der Waals surface area contributed by atoms with Crippen molar-refractivity contribution in [1.82, 2.24) is 10.6 Å². The average Bonchev–Trinajstić information content (AvgIpc) is 2.76. The van der Waals surface area contributed by atoms with Crippen LogP contribution in [0.4, 0.5) is 5.69 Å². The highest BCUT2D eigenvalue weighted by Crippen LogP contribution is 2.36. The number of carbonyl (C=O) groups excluding carboxylic acids is 4. The summed E-state index contributed by atoms with van der Waals surface area (Å²) >= 11 is 12.0. The van der Waals surface area contributed by atoms with Crippen molar-refractivity contribution >= 4 is 52.5 Å². The molecule has 0 radical (unpaired) electrons. The number of hydrogen-bond donors (Lipinski definition) is 3. The molecule has 1 heterocycles. The van der Waals surface area contributed by atoms with Crippen LogP contribution in [0.1, 0.15) is 49.0 Å². The third-order valence-corrected chi connectivity index (χ3v) is 6.53. The fourth-order valence-electron chi connectivity index (χ4n) is 3.71. The number of nitrogens with one attached hydrogen (secondary N) is 3.